The van der Waals surface area contributed by atoms with E-state index in [-0.39, 0.29) is 6.61 Å². The molecule has 0 radical (unpaired) electrons. The predicted molar refractivity (Wildman–Crippen MR) is 35.1 cm³/mol. The van der Waals surface area contributed by atoms with Crippen LogP contribution in [0.2, 0.25) is 0 Å². The highest BCUT2D eigenvalue weighted by Gasteiger charge is 1.83. The van der Waals surface area contributed by atoms with Gasteiger partial charge in [0.25, 0.3) is 0 Å². The molecule has 0 aromatic rings. The Morgan fingerprint density at radius 1 is 1.62 bits per heavy atom. The van der Waals surface area contributed by atoms with Gasteiger partial charge in [-0.25, -0.2) is 0 Å². The molecule has 0 heterocycles. The molecular formula is C5H10O2S. The summed E-state index contributed by atoms with van der Waals surface area (Å²) >= 11 is 1.55. The van der Waals surface area contributed by atoms with Gasteiger partial charge in [-0.2, -0.15) is 11.8 Å². The lowest BCUT2D eigenvalue weighted by Crippen LogP contribution is -1.87. The van der Waals surface area contributed by atoms with Crippen LogP contribution in [0, 0.1) is 0 Å². The number of hydrogen-bond acceptors (Lipinski definition) is 3. The third-order valence-corrected chi connectivity index (χ3v) is 1.58. The standard InChI is InChI=1S/C5H10O2S/c6-2-1-4-8-5-3-7/h3,6H,1-2,4-5H2. The van der Waals surface area contributed by atoms with E-state index in [1.807, 2.05) is 0 Å². The molecule has 0 spiro atoms. The van der Waals surface area contributed by atoms with Crippen LogP contribution in [0.5, 0.6) is 0 Å². The van der Waals surface area contributed by atoms with E-state index in [4.69, 9.17) is 5.11 Å². The Hall–Kier alpha value is -0.0200. The zero-order chi connectivity index (χ0) is 6.24. The number of rotatable bonds is 5. The molecule has 0 rings (SSSR count). The third-order valence-electron chi connectivity index (χ3n) is 0.633. The third kappa shape index (κ3) is 5.98. The van der Waals surface area contributed by atoms with Crippen LogP contribution in [0.25, 0.3) is 0 Å². The number of carbonyl (C=O) groups excluding carboxylic acids is 1. The van der Waals surface area contributed by atoms with Gasteiger partial charge < -0.3 is 9.90 Å². The van der Waals surface area contributed by atoms with Crippen molar-refractivity contribution >= 4 is 18.0 Å². The van der Waals surface area contributed by atoms with Gasteiger partial charge in [0.05, 0.1) is 0 Å². The fourth-order valence-electron chi connectivity index (χ4n) is 0.298. The molecule has 0 saturated heterocycles. The summed E-state index contributed by atoms with van der Waals surface area (Å²) in [5.41, 5.74) is 0. The maximum absolute atomic E-state index is 9.68. The van der Waals surface area contributed by atoms with Crippen LogP contribution in [-0.2, 0) is 4.79 Å². The maximum Gasteiger partial charge on any atom is 0.129 e. The number of hydrogen-bond donors (Lipinski definition) is 1. The van der Waals surface area contributed by atoms with Crippen LogP contribution >= 0.6 is 11.8 Å². The summed E-state index contributed by atoms with van der Waals surface area (Å²) in [6, 6.07) is 0. The zero-order valence-electron chi connectivity index (χ0n) is 4.67. The molecule has 0 aromatic carbocycles. The SMILES string of the molecule is O=CCSCCCO. The molecule has 0 aliphatic carbocycles. The van der Waals surface area contributed by atoms with Crippen molar-refractivity contribution in [1.29, 1.82) is 0 Å². The predicted octanol–water partition coefficient (Wildman–Crippen LogP) is 0.301. The monoisotopic (exact) mass is 134 g/mol. The van der Waals surface area contributed by atoms with Crippen LogP contribution in [0.1, 0.15) is 6.42 Å². The van der Waals surface area contributed by atoms with E-state index in [9.17, 15) is 4.79 Å². The van der Waals surface area contributed by atoms with Crippen molar-refractivity contribution in [3.8, 4) is 0 Å². The maximum atomic E-state index is 9.68. The van der Waals surface area contributed by atoms with Crippen molar-refractivity contribution < 1.29 is 9.90 Å². The van der Waals surface area contributed by atoms with Gasteiger partial charge in [0.1, 0.15) is 6.29 Å². The highest BCUT2D eigenvalue weighted by Crippen LogP contribution is 1.97. The molecule has 0 bridgehead atoms. The van der Waals surface area contributed by atoms with E-state index < -0.39 is 0 Å². The first-order valence-corrected chi connectivity index (χ1v) is 3.69. The lowest BCUT2D eigenvalue weighted by Gasteiger charge is -1.90. The van der Waals surface area contributed by atoms with Gasteiger partial charge in [-0.05, 0) is 12.2 Å². The summed E-state index contributed by atoms with van der Waals surface area (Å²) in [6.07, 6.45) is 1.67. The number of aldehydes is 1. The molecule has 3 heteroatoms. The highest BCUT2D eigenvalue weighted by atomic mass is 32.2. The summed E-state index contributed by atoms with van der Waals surface area (Å²) in [4.78, 5) is 9.68. The van der Waals surface area contributed by atoms with Gasteiger partial charge >= 0.3 is 0 Å². The average Bonchev–Trinajstić information content (AvgIpc) is 1.81. The van der Waals surface area contributed by atoms with Crippen LogP contribution in [0.3, 0.4) is 0 Å². The van der Waals surface area contributed by atoms with Crippen molar-refractivity contribution in [3.63, 3.8) is 0 Å². The molecule has 0 atom stereocenters. The second-order valence-corrected chi connectivity index (χ2v) is 2.47. The number of aliphatic hydroxyl groups is 1. The minimum absolute atomic E-state index is 0.228. The fourth-order valence-corrected chi connectivity index (χ4v) is 0.894. The second kappa shape index (κ2) is 6.98. The Morgan fingerprint density at radius 2 is 2.38 bits per heavy atom. The molecular weight excluding hydrogens is 124 g/mol. The Morgan fingerprint density at radius 3 is 2.88 bits per heavy atom. The topological polar surface area (TPSA) is 37.3 Å². The molecule has 0 fully saturated rings. The van der Waals surface area contributed by atoms with E-state index in [0.29, 0.717) is 5.75 Å². The average molecular weight is 134 g/mol. The Balaban J connectivity index is 2.62. The van der Waals surface area contributed by atoms with E-state index in [1.165, 1.54) is 0 Å². The van der Waals surface area contributed by atoms with E-state index >= 15 is 0 Å². The van der Waals surface area contributed by atoms with Gasteiger partial charge in [0.2, 0.25) is 0 Å². The molecule has 0 aliphatic rings. The lowest BCUT2D eigenvalue weighted by molar-refractivity contribution is -0.105. The van der Waals surface area contributed by atoms with Crippen LogP contribution in [0.4, 0.5) is 0 Å². The van der Waals surface area contributed by atoms with Gasteiger partial charge in [-0.1, -0.05) is 0 Å². The fraction of sp³-hybridized carbons (Fsp3) is 0.800. The summed E-state index contributed by atoms with van der Waals surface area (Å²) in [5, 5.41) is 8.26. The summed E-state index contributed by atoms with van der Waals surface area (Å²) in [6.45, 7) is 0.228. The molecule has 0 saturated carbocycles. The molecule has 2 nitrogen and oxygen atoms in total. The first-order chi connectivity index (χ1) is 3.91. The van der Waals surface area contributed by atoms with Crippen LogP contribution < -0.4 is 0 Å². The molecule has 1 N–H and O–H groups in total. The van der Waals surface area contributed by atoms with Crippen molar-refractivity contribution in [1.82, 2.24) is 0 Å². The van der Waals surface area contributed by atoms with Crippen LogP contribution in [0.15, 0.2) is 0 Å². The lowest BCUT2D eigenvalue weighted by atomic mass is 10.5. The molecule has 8 heavy (non-hydrogen) atoms. The highest BCUT2D eigenvalue weighted by molar-refractivity contribution is 7.99. The molecule has 0 amide bonds. The Kier molecular flexibility index (Phi) is 6.96. The van der Waals surface area contributed by atoms with Gasteiger partial charge in [-0.3, -0.25) is 0 Å². The van der Waals surface area contributed by atoms with Crippen molar-refractivity contribution in [2.75, 3.05) is 18.1 Å². The van der Waals surface area contributed by atoms with Gasteiger partial charge in [0.15, 0.2) is 0 Å². The van der Waals surface area contributed by atoms with E-state index in [2.05, 4.69) is 0 Å². The number of carbonyl (C=O) groups is 1. The van der Waals surface area contributed by atoms with Crippen molar-refractivity contribution in [2.45, 2.75) is 6.42 Å². The summed E-state index contributed by atoms with van der Waals surface area (Å²) in [5.74, 6) is 1.44. The van der Waals surface area contributed by atoms with E-state index in [1.54, 1.807) is 11.8 Å². The largest absolute Gasteiger partial charge is 0.396 e. The summed E-state index contributed by atoms with van der Waals surface area (Å²) in [7, 11) is 0. The minimum atomic E-state index is 0.228. The number of thioether (sulfide) groups is 1. The smallest absolute Gasteiger partial charge is 0.129 e. The van der Waals surface area contributed by atoms with Gasteiger partial charge in [-0.15, -0.1) is 0 Å². The molecule has 0 aliphatic heterocycles. The number of aliphatic hydroxyl groups excluding tert-OH is 1. The van der Waals surface area contributed by atoms with Crippen molar-refractivity contribution in [2.24, 2.45) is 0 Å². The van der Waals surface area contributed by atoms with Gasteiger partial charge in [0, 0.05) is 12.4 Å². The second-order valence-electron chi connectivity index (χ2n) is 1.32. The first kappa shape index (κ1) is 7.98. The molecule has 0 aromatic heterocycles. The zero-order valence-corrected chi connectivity index (χ0v) is 5.49. The summed E-state index contributed by atoms with van der Waals surface area (Å²) < 4.78 is 0. The molecule has 0 unspecified atom stereocenters. The normalized spacial score (nSPS) is 9.12. The first-order valence-electron chi connectivity index (χ1n) is 2.54. The minimum Gasteiger partial charge on any atom is -0.396 e. The van der Waals surface area contributed by atoms with Crippen molar-refractivity contribution in [3.05, 3.63) is 0 Å². The Bertz CT molecular complexity index is 56.4. The quantitative estimate of drug-likeness (QED) is 0.434. The van der Waals surface area contributed by atoms with E-state index in [0.717, 1.165) is 18.5 Å². The molecule has 48 valence electrons. The van der Waals surface area contributed by atoms with Crippen LogP contribution in [-0.4, -0.2) is 29.5 Å². The Labute approximate surface area is 53.3 Å².